The molecule has 5 rings (SSSR count). The molecule has 0 bridgehead atoms. The molecule has 380 valence electrons. The van der Waals surface area contributed by atoms with Gasteiger partial charge in [-0.1, -0.05) is 131 Å². The van der Waals surface area contributed by atoms with E-state index in [1.807, 2.05) is 30.3 Å². The molecule has 17 heteroatoms. The smallest absolute Gasteiger partial charge is 0.300 e. The zero-order valence-electron chi connectivity index (χ0n) is 42.2. The minimum absolute atomic E-state index is 0. The van der Waals surface area contributed by atoms with Gasteiger partial charge in [0.05, 0.1) is 22.2 Å². The van der Waals surface area contributed by atoms with Crippen LogP contribution in [-0.2, 0) is 31.4 Å². The Labute approximate surface area is 436 Å². The van der Waals surface area contributed by atoms with Crippen molar-refractivity contribution in [2.45, 2.75) is 177 Å². The van der Waals surface area contributed by atoms with E-state index < -0.39 is 22.6 Å². The summed E-state index contributed by atoms with van der Waals surface area (Å²) in [4.78, 5) is 35.4. The van der Waals surface area contributed by atoms with Gasteiger partial charge in [0.25, 0.3) is 5.97 Å². The average molecular weight is 1140 g/mol. The SMILES string of the molecule is C.CC(=O)O.CCCCC(=O)Nc1c(Cl)nc2ccc(Br)cc2c1NCCCCO[Si](C)(C)C(C)(C)C.CCCCc1nc2c(Cl)nc3ccc(Br)cc3c2n1CCCCO[Si](C)(C)C(C)(C)C. The second-order valence-corrected chi connectivity index (χ2v) is 32.3. The van der Waals surface area contributed by atoms with Crippen molar-refractivity contribution in [1.29, 1.82) is 0 Å². The predicted octanol–water partition coefficient (Wildman–Crippen LogP) is 16.9. The van der Waals surface area contributed by atoms with Crippen LogP contribution in [0, 0.1) is 0 Å². The quantitative estimate of drug-likeness (QED) is 0.0395. The van der Waals surface area contributed by atoms with Crippen LogP contribution in [0.15, 0.2) is 45.3 Å². The molecule has 0 radical (unpaired) electrons. The van der Waals surface area contributed by atoms with Gasteiger partial charge in [-0.05, 0) is 111 Å². The molecule has 3 N–H and O–H groups in total. The normalized spacial score (nSPS) is 12.0. The van der Waals surface area contributed by atoms with Crippen LogP contribution in [-0.4, -0.2) is 72.9 Å². The number of hydrogen-bond donors (Lipinski definition) is 3. The third-order valence-corrected chi connectivity index (χ3v) is 23.1. The highest BCUT2D eigenvalue weighted by atomic mass is 79.9. The molecule has 0 spiro atoms. The first-order chi connectivity index (χ1) is 31.2. The Balaban J connectivity index is 0.000000427. The maximum absolute atomic E-state index is 12.4. The second kappa shape index (κ2) is 27.8. The summed E-state index contributed by atoms with van der Waals surface area (Å²) in [5.41, 5.74) is 4.98. The summed E-state index contributed by atoms with van der Waals surface area (Å²) in [7, 11) is -3.41. The zero-order valence-corrected chi connectivity index (χ0v) is 48.9. The van der Waals surface area contributed by atoms with E-state index in [0.29, 0.717) is 22.4 Å². The van der Waals surface area contributed by atoms with Crippen LogP contribution < -0.4 is 10.6 Å². The number of unbranched alkanes of at least 4 members (excludes halogenated alkanes) is 4. The van der Waals surface area contributed by atoms with Crippen molar-refractivity contribution in [1.82, 2.24) is 19.5 Å². The van der Waals surface area contributed by atoms with Crippen molar-refractivity contribution < 1.29 is 23.5 Å². The molecule has 0 aliphatic carbocycles. The maximum Gasteiger partial charge on any atom is 0.300 e. The number of aromatic nitrogens is 4. The zero-order chi connectivity index (χ0) is 50.3. The Bertz CT molecular complexity index is 2420. The molecule has 5 aromatic rings. The summed E-state index contributed by atoms with van der Waals surface area (Å²) in [6.45, 7) is 31.5. The van der Waals surface area contributed by atoms with Gasteiger partial charge < -0.3 is 29.2 Å². The molecule has 68 heavy (non-hydrogen) atoms. The van der Waals surface area contributed by atoms with Crippen molar-refractivity contribution in [3.63, 3.8) is 0 Å². The van der Waals surface area contributed by atoms with Gasteiger partial charge in [-0.15, -0.1) is 0 Å². The second-order valence-electron chi connectivity index (χ2n) is 20.1. The van der Waals surface area contributed by atoms with Gasteiger partial charge in [0.15, 0.2) is 26.9 Å². The Kier molecular flexibility index (Phi) is 25.2. The molecular weight excluding hydrogens is 1060 g/mol. The van der Waals surface area contributed by atoms with E-state index in [4.69, 9.17) is 46.9 Å². The third-order valence-electron chi connectivity index (χ3n) is 12.5. The number of imidazole rings is 1. The van der Waals surface area contributed by atoms with Gasteiger partial charge in [-0.25, -0.2) is 15.0 Å². The lowest BCUT2D eigenvalue weighted by Crippen LogP contribution is -2.41. The van der Waals surface area contributed by atoms with E-state index in [1.165, 1.54) is 0 Å². The first-order valence-electron chi connectivity index (χ1n) is 23.7. The fourth-order valence-corrected chi connectivity index (χ4v) is 9.93. The highest BCUT2D eigenvalue weighted by Gasteiger charge is 2.37. The molecule has 3 heterocycles. The fourth-order valence-electron chi connectivity index (χ4n) is 6.58. The monoisotopic (exact) mass is 1140 g/mol. The van der Waals surface area contributed by atoms with Crippen molar-refractivity contribution >= 4 is 128 Å². The van der Waals surface area contributed by atoms with Crippen molar-refractivity contribution in [2.75, 3.05) is 30.4 Å². The number of rotatable bonds is 20. The Morgan fingerprint density at radius 1 is 0.735 bits per heavy atom. The first-order valence-corrected chi connectivity index (χ1v) is 31.8. The number of fused-ring (bicyclic) bond motifs is 4. The van der Waals surface area contributed by atoms with Crippen LogP contribution in [0.4, 0.5) is 11.4 Å². The van der Waals surface area contributed by atoms with Crippen LogP contribution in [0.1, 0.15) is 133 Å². The first kappa shape index (κ1) is 61.5. The number of anilines is 2. The van der Waals surface area contributed by atoms with Crippen LogP contribution in [0.25, 0.3) is 32.8 Å². The molecule has 0 atom stereocenters. The number of nitrogens with one attached hydrogen (secondary N) is 2. The lowest BCUT2D eigenvalue weighted by atomic mass is 10.1. The summed E-state index contributed by atoms with van der Waals surface area (Å²) >= 11 is 20.2. The van der Waals surface area contributed by atoms with Gasteiger partial charge in [-0.3, -0.25) is 9.59 Å². The summed E-state index contributed by atoms with van der Waals surface area (Å²) in [5, 5.41) is 17.2. The number of carbonyl (C=O) groups is 2. The number of carboxylic acids is 1. The van der Waals surface area contributed by atoms with E-state index in [1.54, 1.807) is 0 Å². The summed E-state index contributed by atoms with van der Waals surface area (Å²) in [6.07, 6.45) is 9.50. The summed E-state index contributed by atoms with van der Waals surface area (Å²) < 4.78 is 17.0. The fraction of sp³-hybridized carbons (Fsp3) is 0.588. The number of halogens is 4. The van der Waals surface area contributed by atoms with Crippen molar-refractivity contribution in [2.24, 2.45) is 0 Å². The van der Waals surface area contributed by atoms with Gasteiger partial charge >= 0.3 is 0 Å². The molecule has 11 nitrogen and oxygen atoms in total. The maximum atomic E-state index is 12.4. The van der Waals surface area contributed by atoms with E-state index in [0.717, 1.165) is 144 Å². The molecule has 0 aliphatic heterocycles. The number of carboxylic acid groups (broad SMARTS) is 1. The van der Waals surface area contributed by atoms with Crippen LogP contribution >= 0.6 is 55.1 Å². The van der Waals surface area contributed by atoms with Gasteiger partial charge in [-0.2, -0.15) is 0 Å². The van der Waals surface area contributed by atoms with Gasteiger partial charge in [0.2, 0.25) is 5.91 Å². The molecule has 0 aliphatic rings. The minimum atomic E-state index is -1.72. The predicted molar refractivity (Wildman–Crippen MR) is 302 cm³/mol. The van der Waals surface area contributed by atoms with Crippen molar-refractivity contribution in [3.05, 3.63) is 61.5 Å². The van der Waals surface area contributed by atoms with Crippen LogP contribution in [0.5, 0.6) is 0 Å². The molecule has 0 unspecified atom stereocenters. The molecule has 1 amide bonds. The minimum Gasteiger partial charge on any atom is -0.481 e. The number of amides is 1. The number of hydrogen-bond acceptors (Lipinski definition) is 8. The van der Waals surface area contributed by atoms with E-state index >= 15 is 0 Å². The molecule has 0 saturated carbocycles. The number of aryl methyl sites for hydroxylation is 2. The number of carbonyl (C=O) groups excluding carboxylic acids is 1. The number of pyridine rings is 2. The number of nitrogens with zero attached hydrogens (tertiary/aromatic N) is 4. The molecular formula is C51H80Br2Cl2N6O5Si2. The Morgan fingerprint density at radius 3 is 1.76 bits per heavy atom. The summed E-state index contributed by atoms with van der Waals surface area (Å²) in [6, 6.07) is 12.0. The largest absolute Gasteiger partial charge is 0.481 e. The molecule has 0 saturated heterocycles. The lowest BCUT2D eigenvalue weighted by Gasteiger charge is -2.36. The third kappa shape index (κ3) is 18.2. The Morgan fingerprint density at radius 2 is 1.24 bits per heavy atom. The highest BCUT2D eigenvalue weighted by molar-refractivity contribution is 9.10. The van der Waals surface area contributed by atoms with E-state index in [2.05, 4.69) is 145 Å². The van der Waals surface area contributed by atoms with Gasteiger partial charge in [0.1, 0.15) is 17.0 Å². The van der Waals surface area contributed by atoms with Gasteiger partial charge in [0, 0.05) is 65.8 Å². The van der Waals surface area contributed by atoms with Crippen molar-refractivity contribution in [3.8, 4) is 0 Å². The van der Waals surface area contributed by atoms with E-state index in [9.17, 15) is 4.79 Å². The molecule has 0 fully saturated rings. The highest BCUT2D eigenvalue weighted by Crippen LogP contribution is 2.39. The van der Waals surface area contributed by atoms with E-state index in [-0.39, 0.29) is 23.4 Å². The Hall–Kier alpha value is -2.64. The van der Waals surface area contributed by atoms with Crippen LogP contribution in [0.2, 0.25) is 46.6 Å². The van der Waals surface area contributed by atoms with Crippen LogP contribution in [0.3, 0.4) is 0 Å². The lowest BCUT2D eigenvalue weighted by molar-refractivity contribution is -0.134. The average Bonchev–Trinajstić information content (AvgIpc) is 3.60. The standard InChI is InChI=1S/C24H37BrClN3O2Si.C24H35BrClN3OSi.C2H4O2.CH4/c1-7-8-11-20(30)29-22-21(18-16-17(25)12-13-19(18)28-23(22)26)27-14-9-10-15-31-32(5,6)24(2,3)4;1-7-8-11-20-28-21-22(18-16-17(25)12-13-19(18)27-23(21)26)29(20)14-9-10-15-30-31(5,6)24(2,3)4;1-2(3)4;/h12-13,16H,7-11,14-15H2,1-6H3,(H,27,28)(H,29,30);12-13,16H,7-11,14-15H2,1-6H3;1H3,(H,3,4);1H4. The topological polar surface area (TPSA) is 140 Å². The number of benzene rings is 2. The molecule has 2 aromatic carbocycles. The number of aliphatic carboxylic acids is 1. The summed E-state index contributed by atoms with van der Waals surface area (Å²) in [5.74, 6) is 0.231. The molecule has 3 aromatic heterocycles.